The zero-order valence-corrected chi connectivity index (χ0v) is 30.3. The third kappa shape index (κ3) is 6.11. The number of pyridine rings is 2. The minimum Gasteiger partial charge on any atom is -0.309 e. The van der Waals surface area contributed by atoms with Crippen molar-refractivity contribution in [3.8, 4) is 50.5 Å². The molecule has 247 valence electrons. The van der Waals surface area contributed by atoms with Gasteiger partial charge in [0.05, 0.1) is 11.2 Å². The van der Waals surface area contributed by atoms with Crippen LogP contribution in [-0.2, 0) is 26.5 Å². The van der Waals surface area contributed by atoms with E-state index in [0.29, 0.717) is 11.3 Å². The molecule has 50 heavy (non-hydrogen) atoms. The van der Waals surface area contributed by atoms with Gasteiger partial charge in [-0.2, -0.15) is 0 Å². The first kappa shape index (κ1) is 27.6. The van der Waals surface area contributed by atoms with Gasteiger partial charge in [0.15, 0.2) is 0 Å². The van der Waals surface area contributed by atoms with Crippen molar-refractivity contribution < 1.29 is 27.0 Å². The third-order valence-corrected chi connectivity index (χ3v) is 8.71. The predicted octanol–water partition coefficient (Wildman–Crippen LogP) is 11.7. The van der Waals surface area contributed by atoms with Gasteiger partial charge in [0.2, 0.25) is 0 Å². The molecule has 1 radical (unpaired) electrons. The summed E-state index contributed by atoms with van der Waals surface area (Å²) < 4.78 is 42.5. The molecular formula is C46H37IrN3-2. The molecular weight excluding hydrogens is 787 g/mol. The van der Waals surface area contributed by atoms with Gasteiger partial charge in [-0.3, -0.25) is 0 Å². The number of nitrogens with zero attached hydrogens (tertiary/aromatic N) is 3. The Hall–Kier alpha value is -5.15. The molecule has 9 rings (SSSR count). The minimum atomic E-state index is -2.42. The number of para-hydroxylation sites is 2. The van der Waals surface area contributed by atoms with Crippen LogP contribution in [0.4, 0.5) is 0 Å². The molecule has 0 saturated heterocycles. The summed E-state index contributed by atoms with van der Waals surface area (Å²) >= 11 is 0. The molecule has 0 spiro atoms. The number of rotatable bonds is 3. The first-order valence-electron chi connectivity index (χ1n) is 18.9. The molecule has 0 unspecified atom stereocenters. The van der Waals surface area contributed by atoms with Crippen LogP contribution >= 0.6 is 0 Å². The van der Waals surface area contributed by atoms with Gasteiger partial charge >= 0.3 is 0 Å². The van der Waals surface area contributed by atoms with E-state index in [-0.39, 0.29) is 31.2 Å². The average Bonchev–Trinajstić information content (AvgIpc) is 3.46. The van der Waals surface area contributed by atoms with E-state index < -0.39 is 18.6 Å². The Bertz CT molecular complexity index is 2660. The molecule has 0 amide bonds. The fraction of sp³-hybridized carbons (Fsp3) is 0.130. The first-order valence-corrected chi connectivity index (χ1v) is 16.4. The Balaban J connectivity index is 0.000000175. The summed E-state index contributed by atoms with van der Waals surface area (Å²) in [6, 6.07) is 49.4. The van der Waals surface area contributed by atoms with Crippen LogP contribution in [0.5, 0.6) is 0 Å². The van der Waals surface area contributed by atoms with E-state index in [2.05, 4.69) is 101 Å². The Morgan fingerprint density at radius 3 is 2.08 bits per heavy atom. The normalized spacial score (nSPS) is 13.5. The summed E-state index contributed by atoms with van der Waals surface area (Å²) in [7, 11) is 0. The largest absolute Gasteiger partial charge is 0.309 e. The van der Waals surface area contributed by atoms with E-state index in [1.54, 1.807) is 32.9 Å². The van der Waals surface area contributed by atoms with E-state index in [9.17, 15) is 0 Å². The SMILES string of the molecule is [2H]C([2H])([2H])c1cnc(-c2[c-]cccc2)cc1C([2H])([2H])C(C)(C)C.[Ir].[c-]1ccccc1-c1nccc2c1c1cccc3c1n2-c1ccccc1-c1ccccc1-3. The Kier molecular flexibility index (Phi) is 7.54. The molecule has 4 heterocycles. The third-order valence-electron chi connectivity index (χ3n) is 8.71. The second kappa shape index (κ2) is 13.6. The van der Waals surface area contributed by atoms with Gasteiger partial charge in [0.25, 0.3) is 0 Å². The smallest absolute Gasteiger partial charge is 0.0612 e. The monoisotopic (exact) mass is 829 g/mol. The molecule has 3 nitrogen and oxygen atoms in total. The van der Waals surface area contributed by atoms with Crippen molar-refractivity contribution in [2.45, 2.75) is 34.0 Å². The van der Waals surface area contributed by atoms with Crippen molar-refractivity contribution in [1.82, 2.24) is 14.5 Å². The molecule has 5 aromatic carbocycles. The molecule has 0 N–H and O–H groups in total. The summed E-state index contributed by atoms with van der Waals surface area (Å²) in [5, 5.41) is 2.40. The molecule has 0 bridgehead atoms. The fourth-order valence-corrected chi connectivity index (χ4v) is 6.73. The van der Waals surface area contributed by atoms with Gasteiger partial charge in [-0.1, -0.05) is 93.1 Å². The van der Waals surface area contributed by atoms with Gasteiger partial charge in [-0.15, -0.1) is 71.8 Å². The van der Waals surface area contributed by atoms with Gasteiger partial charge < -0.3 is 14.5 Å². The van der Waals surface area contributed by atoms with Crippen molar-refractivity contribution >= 4 is 21.8 Å². The van der Waals surface area contributed by atoms with Crippen LogP contribution in [-0.4, -0.2) is 14.5 Å². The molecule has 0 aliphatic carbocycles. The summed E-state index contributed by atoms with van der Waals surface area (Å²) in [6.07, 6.45) is 1.37. The van der Waals surface area contributed by atoms with Crippen LogP contribution in [0.3, 0.4) is 0 Å². The second-order valence-electron chi connectivity index (χ2n) is 13.2. The van der Waals surface area contributed by atoms with Crippen molar-refractivity contribution in [3.63, 3.8) is 0 Å². The maximum absolute atomic E-state index is 8.48. The van der Waals surface area contributed by atoms with Crippen LogP contribution in [0.25, 0.3) is 72.3 Å². The second-order valence-corrected chi connectivity index (χ2v) is 13.2. The molecule has 1 aliphatic heterocycles. The van der Waals surface area contributed by atoms with Crippen molar-refractivity contribution in [2.24, 2.45) is 5.41 Å². The number of benzene rings is 5. The fourth-order valence-electron chi connectivity index (χ4n) is 6.73. The van der Waals surface area contributed by atoms with Crippen molar-refractivity contribution in [1.29, 1.82) is 0 Å². The first-order chi connectivity index (χ1) is 25.9. The van der Waals surface area contributed by atoms with E-state index in [1.165, 1.54) is 55.9 Å². The van der Waals surface area contributed by atoms with Gasteiger partial charge in [0.1, 0.15) is 0 Å². The van der Waals surface area contributed by atoms with Crippen LogP contribution in [0.1, 0.15) is 38.8 Å². The van der Waals surface area contributed by atoms with E-state index in [1.807, 2.05) is 42.6 Å². The Labute approximate surface area is 315 Å². The zero-order valence-electron chi connectivity index (χ0n) is 33.0. The minimum absolute atomic E-state index is 0. The topological polar surface area (TPSA) is 30.7 Å². The van der Waals surface area contributed by atoms with E-state index in [4.69, 9.17) is 11.8 Å². The quantitative estimate of drug-likeness (QED) is 0.166. The van der Waals surface area contributed by atoms with E-state index >= 15 is 0 Å². The molecule has 3 aromatic heterocycles. The number of aryl methyl sites for hydroxylation is 1. The Morgan fingerprint density at radius 2 is 1.38 bits per heavy atom. The summed E-state index contributed by atoms with van der Waals surface area (Å²) in [5.41, 5.74) is 11.2. The van der Waals surface area contributed by atoms with Gasteiger partial charge in [-0.05, 0) is 64.2 Å². The number of hydrogen-bond acceptors (Lipinski definition) is 2. The molecule has 8 aromatic rings. The Morgan fingerprint density at radius 1 is 0.720 bits per heavy atom. The summed E-state index contributed by atoms with van der Waals surface area (Å²) in [5.74, 6) is 0. The molecule has 0 atom stereocenters. The number of aromatic nitrogens is 3. The standard InChI is InChI=1S/C29H17N2.C17H20N.Ir/c1-2-9-19(10-3-1)28-27-24-15-8-14-23-21-12-5-4-11-20(21)22-13-6-7-16-25(22)31(29(23)24)26(27)17-18-30-28;1-13-12-18-16(14-8-6-5-7-9-14)10-15(13)11-17(2,3)4;/h1-9,11-18H;5-8,10,12H,11H2,1-4H3;/q2*-1;/i;1D3,11D2;. The summed E-state index contributed by atoms with van der Waals surface area (Å²) in [4.78, 5) is 9.02. The van der Waals surface area contributed by atoms with Crippen LogP contribution in [0.2, 0.25) is 0 Å². The molecule has 0 saturated carbocycles. The van der Waals surface area contributed by atoms with E-state index in [0.717, 1.165) is 11.3 Å². The number of fused-ring (bicyclic) bond motifs is 8. The molecule has 1 aliphatic rings. The number of hydrogen-bond donors (Lipinski definition) is 0. The van der Waals surface area contributed by atoms with Gasteiger partial charge in [0, 0.05) is 61.4 Å². The predicted molar refractivity (Wildman–Crippen MR) is 204 cm³/mol. The average molecular weight is 829 g/mol. The molecule has 0 fully saturated rings. The van der Waals surface area contributed by atoms with Gasteiger partial charge in [-0.25, -0.2) is 0 Å². The molecule has 4 heteroatoms. The zero-order chi connectivity index (χ0) is 37.8. The van der Waals surface area contributed by atoms with Crippen LogP contribution in [0, 0.1) is 24.4 Å². The maximum Gasteiger partial charge on any atom is 0.0612 e. The van der Waals surface area contributed by atoms with Crippen molar-refractivity contribution in [2.75, 3.05) is 0 Å². The van der Waals surface area contributed by atoms with Crippen LogP contribution < -0.4 is 0 Å². The maximum atomic E-state index is 8.48. The van der Waals surface area contributed by atoms with Crippen LogP contribution in [0.15, 0.2) is 140 Å². The summed E-state index contributed by atoms with van der Waals surface area (Å²) in [6.45, 7) is 2.85. The van der Waals surface area contributed by atoms with Crippen molar-refractivity contribution in [3.05, 3.63) is 163 Å².